The van der Waals surface area contributed by atoms with Crippen LogP contribution in [0.4, 0.5) is 0 Å². The molecule has 82 valence electrons. The molecule has 0 aromatic rings. The molecule has 0 N–H and O–H groups in total. The molecule has 0 unspecified atom stereocenters. The molecule has 1 rings (SSSR count). The molecule has 1 saturated carbocycles. The standard InChI is InChI=1S/C12H22O2/c1-3-7-12(10-11(13)14-2)8-5-4-6-9-12/h3-10H2,1-2H3. The summed E-state index contributed by atoms with van der Waals surface area (Å²) in [5.74, 6) is -0.0275. The highest BCUT2D eigenvalue weighted by atomic mass is 16.5. The van der Waals surface area contributed by atoms with E-state index < -0.39 is 0 Å². The maximum atomic E-state index is 11.3. The number of ether oxygens (including phenoxy) is 1. The van der Waals surface area contributed by atoms with Gasteiger partial charge in [-0.1, -0.05) is 32.6 Å². The summed E-state index contributed by atoms with van der Waals surface area (Å²) in [5, 5.41) is 0. The minimum atomic E-state index is -0.0275. The Balaban J connectivity index is 2.55. The van der Waals surface area contributed by atoms with E-state index in [1.54, 1.807) is 0 Å². The molecule has 0 atom stereocenters. The van der Waals surface area contributed by atoms with Crippen molar-refractivity contribution in [3.05, 3.63) is 0 Å². The highest BCUT2D eigenvalue weighted by Crippen LogP contribution is 2.43. The van der Waals surface area contributed by atoms with Crippen LogP contribution in [-0.2, 0) is 9.53 Å². The molecule has 0 amide bonds. The fourth-order valence-corrected chi connectivity index (χ4v) is 2.73. The highest BCUT2D eigenvalue weighted by molar-refractivity contribution is 5.70. The minimum absolute atomic E-state index is 0.0275. The first-order valence-corrected chi connectivity index (χ1v) is 5.79. The Kier molecular flexibility index (Phi) is 4.43. The summed E-state index contributed by atoms with van der Waals surface area (Å²) in [7, 11) is 1.49. The summed E-state index contributed by atoms with van der Waals surface area (Å²) in [6.45, 7) is 2.20. The summed E-state index contributed by atoms with van der Waals surface area (Å²) in [5.41, 5.74) is 0.278. The summed E-state index contributed by atoms with van der Waals surface area (Å²) >= 11 is 0. The zero-order chi connectivity index (χ0) is 10.4. The van der Waals surface area contributed by atoms with Crippen LogP contribution in [0.3, 0.4) is 0 Å². The number of methoxy groups -OCH3 is 1. The SMILES string of the molecule is CCCC1(CC(=O)OC)CCCCC1. The molecular formula is C12H22O2. The molecule has 14 heavy (non-hydrogen) atoms. The number of rotatable bonds is 4. The molecule has 0 aliphatic heterocycles. The summed E-state index contributed by atoms with van der Waals surface area (Å²) in [6, 6.07) is 0. The molecule has 0 heterocycles. The van der Waals surface area contributed by atoms with Gasteiger partial charge in [-0.05, 0) is 24.7 Å². The Morgan fingerprint density at radius 3 is 2.43 bits per heavy atom. The second-order valence-corrected chi connectivity index (χ2v) is 4.56. The van der Waals surface area contributed by atoms with Crippen LogP contribution in [0.1, 0.15) is 58.3 Å². The van der Waals surface area contributed by atoms with E-state index in [4.69, 9.17) is 4.74 Å². The number of hydrogen-bond acceptors (Lipinski definition) is 2. The fraction of sp³-hybridized carbons (Fsp3) is 0.917. The van der Waals surface area contributed by atoms with E-state index in [-0.39, 0.29) is 11.4 Å². The van der Waals surface area contributed by atoms with Crippen molar-refractivity contribution >= 4 is 5.97 Å². The van der Waals surface area contributed by atoms with Crippen molar-refractivity contribution in [2.45, 2.75) is 58.3 Å². The first-order valence-electron chi connectivity index (χ1n) is 5.79. The second-order valence-electron chi connectivity index (χ2n) is 4.56. The Morgan fingerprint density at radius 1 is 1.29 bits per heavy atom. The topological polar surface area (TPSA) is 26.3 Å². The van der Waals surface area contributed by atoms with Crippen LogP contribution in [0.25, 0.3) is 0 Å². The van der Waals surface area contributed by atoms with Gasteiger partial charge in [-0.25, -0.2) is 0 Å². The molecule has 2 heteroatoms. The zero-order valence-corrected chi connectivity index (χ0v) is 9.47. The number of esters is 1. The molecule has 1 fully saturated rings. The minimum Gasteiger partial charge on any atom is -0.469 e. The van der Waals surface area contributed by atoms with Crippen molar-refractivity contribution in [3.63, 3.8) is 0 Å². The van der Waals surface area contributed by atoms with Crippen LogP contribution in [0.2, 0.25) is 0 Å². The van der Waals surface area contributed by atoms with Gasteiger partial charge >= 0.3 is 5.97 Å². The molecule has 2 nitrogen and oxygen atoms in total. The lowest BCUT2D eigenvalue weighted by Gasteiger charge is -2.36. The maximum absolute atomic E-state index is 11.3. The van der Waals surface area contributed by atoms with Gasteiger partial charge in [-0.2, -0.15) is 0 Å². The average molecular weight is 198 g/mol. The third kappa shape index (κ3) is 3.00. The molecule has 0 saturated heterocycles. The van der Waals surface area contributed by atoms with E-state index in [0.29, 0.717) is 6.42 Å². The molecular weight excluding hydrogens is 176 g/mol. The largest absolute Gasteiger partial charge is 0.469 e. The highest BCUT2D eigenvalue weighted by Gasteiger charge is 2.33. The Morgan fingerprint density at radius 2 is 1.93 bits per heavy atom. The number of hydrogen-bond donors (Lipinski definition) is 0. The van der Waals surface area contributed by atoms with Gasteiger partial charge in [0, 0.05) is 0 Å². The Labute approximate surface area is 87.0 Å². The molecule has 0 aromatic heterocycles. The molecule has 0 spiro atoms. The van der Waals surface area contributed by atoms with Crippen LogP contribution in [-0.4, -0.2) is 13.1 Å². The van der Waals surface area contributed by atoms with Crippen molar-refractivity contribution in [1.82, 2.24) is 0 Å². The van der Waals surface area contributed by atoms with Crippen LogP contribution >= 0.6 is 0 Å². The predicted octanol–water partition coefficient (Wildman–Crippen LogP) is 3.30. The van der Waals surface area contributed by atoms with E-state index in [9.17, 15) is 4.79 Å². The van der Waals surface area contributed by atoms with E-state index in [2.05, 4.69) is 6.92 Å². The first-order chi connectivity index (χ1) is 6.72. The molecule has 0 aromatic carbocycles. The van der Waals surface area contributed by atoms with Gasteiger partial charge in [-0.15, -0.1) is 0 Å². The van der Waals surface area contributed by atoms with Crippen LogP contribution in [0.15, 0.2) is 0 Å². The quantitative estimate of drug-likeness (QED) is 0.648. The lowest BCUT2D eigenvalue weighted by Crippen LogP contribution is -2.27. The monoisotopic (exact) mass is 198 g/mol. The van der Waals surface area contributed by atoms with E-state index in [1.807, 2.05) is 0 Å². The maximum Gasteiger partial charge on any atom is 0.306 e. The van der Waals surface area contributed by atoms with E-state index in [1.165, 1.54) is 52.1 Å². The number of carbonyl (C=O) groups excluding carboxylic acids is 1. The summed E-state index contributed by atoms with van der Waals surface area (Å²) in [6.07, 6.45) is 9.35. The lowest BCUT2D eigenvalue weighted by atomic mass is 9.69. The van der Waals surface area contributed by atoms with Crippen LogP contribution < -0.4 is 0 Å². The van der Waals surface area contributed by atoms with Gasteiger partial charge in [0.2, 0.25) is 0 Å². The average Bonchev–Trinajstić information content (AvgIpc) is 2.19. The van der Waals surface area contributed by atoms with E-state index >= 15 is 0 Å². The van der Waals surface area contributed by atoms with Gasteiger partial charge in [0.1, 0.15) is 0 Å². The number of carbonyl (C=O) groups is 1. The molecule has 1 aliphatic carbocycles. The third-order valence-corrected chi connectivity index (χ3v) is 3.44. The molecule has 0 radical (unpaired) electrons. The zero-order valence-electron chi connectivity index (χ0n) is 9.47. The van der Waals surface area contributed by atoms with Gasteiger partial charge in [0.25, 0.3) is 0 Å². The molecule has 0 bridgehead atoms. The fourth-order valence-electron chi connectivity index (χ4n) is 2.73. The van der Waals surface area contributed by atoms with Crippen molar-refractivity contribution in [3.8, 4) is 0 Å². The summed E-state index contributed by atoms with van der Waals surface area (Å²) < 4.78 is 4.79. The smallest absolute Gasteiger partial charge is 0.306 e. The van der Waals surface area contributed by atoms with Gasteiger partial charge in [-0.3, -0.25) is 4.79 Å². The van der Waals surface area contributed by atoms with Crippen molar-refractivity contribution in [1.29, 1.82) is 0 Å². The second kappa shape index (κ2) is 5.38. The predicted molar refractivity (Wildman–Crippen MR) is 57.1 cm³/mol. The van der Waals surface area contributed by atoms with Crippen molar-refractivity contribution < 1.29 is 9.53 Å². The van der Waals surface area contributed by atoms with Crippen molar-refractivity contribution in [2.75, 3.05) is 7.11 Å². The summed E-state index contributed by atoms with van der Waals surface area (Å²) in [4.78, 5) is 11.3. The molecule has 1 aliphatic rings. The Bertz CT molecular complexity index is 175. The lowest BCUT2D eigenvalue weighted by molar-refractivity contribution is -0.144. The normalized spacial score (nSPS) is 20.4. The first kappa shape index (κ1) is 11.5. The third-order valence-electron chi connectivity index (χ3n) is 3.44. The van der Waals surface area contributed by atoms with Crippen molar-refractivity contribution in [2.24, 2.45) is 5.41 Å². The van der Waals surface area contributed by atoms with Gasteiger partial charge in [0.05, 0.1) is 13.5 Å². The van der Waals surface area contributed by atoms with Crippen LogP contribution in [0, 0.1) is 5.41 Å². The van der Waals surface area contributed by atoms with Gasteiger partial charge in [0.15, 0.2) is 0 Å². The van der Waals surface area contributed by atoms with Gasteiger partial charge < -0.3 is 4.74 Å². The van der Waals surface area contributed by atoms with E-state index in [0.717, 1.165) is 0 Å². The van der Waals surface area contributed by atoms with Crippen LogP contribution in [0.5, 0.6) is 0 Å². The Hall–Kier alpha value is -0.530.